The van der Waals surface area contributed by atoms with Crippen LogP contribution in [0.15, 0.2) is 221 Å². The normalized spacial score (nSPS) is 12.0. The van der Waals surface area contributed by atoms with Gasteiger partial charge in [-0.25, -0.2) is 0 Å². The standard InChI is InChI=1S/C86H50O18/c87-71-63-57(45-24-20-37-12-4-5-13-38(37)29-45)64-68(75(91)83(99)80(96)72(64)88)61(67(63)74(90)82(98)79(71)95)49-16-8-19-54-59(49)52-33-44-26-27-48(31-47(44)35-56(52)104-54)102-86-78(94)70-62(50-17-9-18-53-60(50)51-32-39-14-6-7-15-40(39)34-55(51)103-53)69-65(73(89)81(97)84(100)76(69)92)58(66(70)77(93)85(86)101)46-25-23-42-28-41(21-22-43(42)30-46)36-10-2-1-3-11-36/h1-35,87-101H. The van der Waals surface area contributed by atoms with Gasteiger partial charge in [-0.2, -0.15) is 0 Å². The third-order valence-electron chi connectivity index (χ3n) is 20.4. The topological polar surface area (TPSA) is 339 Å². The molecule has 19 rings (SSSR count). The van der Waals surface area contributed by atoms with E-state index in [0.29, 0.717) is 54.3 Å². The van der Waals surface area contributed by atoms with Gasteiger partial charge in [0.2, 0.25) is 46.0 Å². The van der Waals surface area contributed by atoms with Gasteiger partial charge in [-0.3, -0.25) is 0 Å². The van der Waals surface area contributed by atoms with Crippen LogP contribution >= 0.6 is 0 Å². The van der Waals surface area contributed by atoms with Crippen molar-refractivity contribution < 1.29 is 90.2 Å². The van der Waals surface area contributed by atoms with Crippen LogP contribution < -0.4 is 4.74 Å². The third-order valence-corrected chi connectivity index (χ3v) is 20.4. The van der Waals surface area contributed by atoms with Gasteiger partial charge in [0.1, 0.15) is 28.1 Å². The zero-order valence-electron chi connectivity index (χ0n) is 53.6. The summed E-state index contributed by atoms with van der Waals surface area (Å²) < 4.78 is 19.7. The Labute approximate surface area is 583 Å². The lowest BCUT2D eigenvalue weighted by molar-refractivity contribution is 0.350. The molecule has 0 unspecified atom stereocenters. The summed E-state index contributed by atoms with van der Waals surface area (Å²) in [4.78, 5) is 0. The van der Waals surface area contributed by atoms with Crippen LogP contribution in [0.3, 0.4) is 0 Å². The smallest absolute Gasteiger partial charge is 0.215 e. The molecule has 2 heterocycles. The van der Waals surface area contributed by atoms with E-state index in [1.807, 2.05) is 97.1 Å². The first-order chi connectivity index (χ1) is 50.3. The second-order valence-electron chi connectivity index (χ2n) is 26.0. The number of rotatable bonds is 7. The van der Waals surface area contributed by atoms with E-state index in [4.69, 9.17) is 13.6 Å². The second-order valence-corrected chi connectivity index (χ2v) is 26.0. The van der Waals surface area contributed by atoms with Gasteiger partial charge in [-0.1, -0.05) is 146 Å². The summed E-state index contributed by atoms with van der Waals surface area (Å²) in [6, 6.07) is 62.4. The van der Waals surface area contributed by atoms with Crippen molar-refractivity contribution in [3.63, 3.8) is 0 Å². The van der Waals surface area contributed by atoms with Crippen LogP contribution in [-0.4, -0.2) is 76.6 Å². The number of fused-ring (bicyclic) bond motifs is 14. The highest BCUT2D eigenvalue weighted by atomic mass is 16.5. The average Bonchev–Trinajstić information content (AvgIpc) is 0.937. The second kappa shape index (κ2) is 21.6. The molecule has 0 aliphatic rings. The highest BCUT2D eigenvalue weighted by Gasteiger charge is 2.37. The summed E-state index contributed by atoms with van der Waals surface area (Å²) >= 11 is 0. The lowest BCUT2D eigenvalue weighted by Gasteiger charge is -2.24. The molecule has 18 nitrogen and oxygen atoms in total. The average molecular weight is 1370 g/mol. The van der Waals surface area contributed by atoms with Gasteiger partial charge in [0.05, 0.1) is 0 Å². The van der Waals surface area contributed by atoms with Crippen LogP contribution in [0.25, 0.3) is 186 Å². The fourth-order valence-corrected chi connectivity index (χ4v) is 15.7. The molecule has 0 amide bonds. The van der Waals surface area contributed by atoms with Crippen molar-refractivity contribution in [2.24, 2.45) is 0 Å². The minimum absolute atomic E-state index is 0.0241. The highest BCUT2D eigenvalue weighted by Crippen LogP contribution is 2.66. The minimum atomic E-state index is -1.14. The predicted octanol–water partition coefficient (Wildman–Crippen LogP) is 20.4. The van der Waals surface area contributed by atoms with E-state index in [1.165, 1.54) is 6.07 Å². The van der Waals surface area contributed by atoms with Gasteiger partial charge in [0.25, 0.3) is 0 Å². The summed E-state index contributed by atoms with van der Waals surface area (Å²) in [5, 5.41) is 186. The lowest BCUT2D eigenvalue weighted by atomic mass is 9.82. The number of phenolic OH excluding ortho intramolecular Hbond substituents is 15. The van der Waals surface area contributed by atoms with Crippen LogP contribution in [0, 0.1) is 0 Å². The van der Waals surface area contributed by atoms with Crippen molar-refractivity contribution in [2.75, 3.05) is 0 Å². The molecule has 0 fully saturated rings. The molecular formula is C86H50O18. The van der Waals surface area contributed by atoms with Crippen molar-refractivity contribution in [1.29, 1.82) is 0 Å². The van der Waals surface area contributed by atoms with Gasteiger partial charge in [0.15, 0.2) is 46.0 Å². The molecule has 502 valence electrons. The highest BCUT2D eigenvalue weighted by molar-refractivity contribution is 6.34. The molecular weight excluding hydrogens is 1320 g/mol. The summed E-state index contributed by atoms with van der Waals surface area (Å²) in [5.74, 6) is -15.8. The van der Waals surface area contributed by atoms with Crippen molar-refractivity contribution in [1.82, 2.24) is 0 Å². The van der Waals surface area contributed by atoms with Gasteiger partial charge in [-0.15, -0.1) is 0 Å². The first-order valence-electron chi connectivity index (χ1n) is 32.6. The van der Waals surface area contributed by atoms with E-state index in [1.54, 1.807) is 109 Å². The molecule has 0 aliphatic carbocycles. The Hall–Kier alpha value is -14.8. The molecule has 0 spiro atoms. The van der Waals surface area contributed by atoms with Crippen molar-refractivity contribution in [3.8, 4) is 153 Å². The molecule has 0 aliphatic heterocycles. The molecule has 17 aromatic carbocycles. The van der Waals surface area contributed by atoms with E-state index in [0.717, 1.165) is 32.7 Å². The minimum Gasteiger partial charge on any atom is -0.504 e. The Morgan fingerprint density at radius 3 is 1.03 bits per heavy atom. The van der Waals surface area contributed by atoms with E-state index in [2.05, 4.69) is 0 Å². The Kier molecular flexibility index (Phi) is 12.6. The number of hydrogen-bond acceptors (Lipinski definition) is 18. The Morgan fingerprint density at radius 2 is 0.548 bits per heavy atom. The maximum Gasteiger partial charge on any atom is 0.215 e. The Bertz CT molecular complexity index is 7050. The number of aromatic hydroxyl groups is 15. The van der Waals surface area contributed by atoms with Gasteiger partial charge in [-0.05, 0) is 143 Å². The molecule has 19 aromatic rings. The summed E-state index contributed by atoms with van der Waals surface area (Å²) in [5.41, 5.74) is 3.42. The van der Waals surface area contributed by atoms with E-state index >= 15 is 0 Å². The number of benzene rings is 17. The quantitative estimate of drug-likeness (QED) is 0.0400. The fraction of sp³-hybridized carbons (Fsp3) is 0. The molecule has 0 saturated carbocycles. The van der Waals surface area contributed by atoms with Gasteiger partial charge >= 0.3 is 0 Å². The number of phenols is 15. The first kappa shape index (κ1) is 60.4. The van der Waals surface area contributed by atoms with E-state index in [9.17, 15) is 76.6 Å². The maximum absolute atomic E-state index is 13.4. The van der Waals surface area contributed by atoms with E-state index in [-0.39, 0.29) is 105 Å². The van der Waals surface area contributed by atoms with Gasteiger partial charge in [0, 0.05) is 86.9 Å². The van der Waals surface area contributed by atoms with Crippen molar-refractivity contribution in [2.45, 2.75) is 0 Å². The molecule has 0 atom stereocenters. The SMILES string of the molecule is Oc1c(O)c(O)c2c(-c3cccc4oc5cc6cc(Oc7c(O)c(O)c8c(-c9ccc%10cc(-c%11ccccc%11)ccc%10c9)c9c(O)c(O)c(O)c(O)c9c(-c9cccc%10oc%11cc%12ccccc%12cc%11c9%10)c8c7O)ccc6cc5c34)c3c(O)c(O)c(O)c(O)c3c(-c3ccc4ccccc4c3)c2c1O. The molecule has 2 aromatic heterocycles. The van der Waals surface area contributed by atoms with Crippen LogP contribution in [0.4, 0.5) is 0 Å². The maximum atomic E-state index is 13.4. The monoisotopic (exact) mass is 1370 g/mol. The fourth-order valence-electron chi connectivity index (χ4n) is 15.7. The zero-order valence-corrected chi connectivity index (χ0v) is 53.6. The van der Waals surface area contributed by atoms with E-state index < -0.39 is 92.0 Å². The molecule has 0 radical (unpaired) electrons. The Morgan fingerprint density at radius 1 is 0.202 bits per heavy atom. The van der Waals surface area contributed by atoms with Crippen LogP contribution in [0.5, 0.6) is 97.7 Å². The first-order valence-corrected chi connectivity index (χ1v) is 32.6. The number of ether oxygens (including phenoxy) is 1. The molecule has 18 heteroatoms. The Balaban J connectivity index is 0.834. The number of hydrogen-bond donors (Lipinski definition) is 15. The predicted molar refractivity (Wildman–Crippen MR) is 400 cm³/mol. The van der Waals surface area contributed by atoms with Crippen LogP contribution in [0.2, 0.25) is 0 Å². The summed E-state index contributed by atoms with van der Waals surface area (Å²) in [6.07, 6.45) is 0. The molecule has 15 N–H and O–H groups in total. The van der Waals surface area contributed by atoms with Crippen molar-refractivity contribution >= 4 is 130 Å². The van der Waals surface area contributed by atoms with Gasteiger partial charge < -0.3 is 90.2 Å². The van der Waals surface area contributed by atoms with Crippen LogP contribution in [0.1, 0.15) is 0 Å². The molecule has 0 saturated heterocycles. The zero-order chi connectivity index (χ0) is 71.3. The largest absolute Gasteiger partial charge is 0.504 e. The molecule has 104 heavy (non-hydrogen) atoms. The molecule has 0 bridgehead atoms. The summed E-state index contributed by atoms with van der Waals surface area (Å²) in [7, 11) is 0. The number of furan rings is 2. The summed E-state index contributed by atoms with van der Waals surface area (Å²) in [6.45, 7) is 0. The van der Waals surface area contributed by atoms with Crippen molar-refractivity contribution in [3.05, 3.63) is 212 Å². The lowest BCUT2D eigenvalue weighted by Crippen LogP contribution is -1.96. The van der Waals surface area contributed by atoms with Crippen LogP contribution in [-0.2, 0) is 0 Å². The third kappa shape index (κ3) is 8.32.